The fourth-order valence-electron chi connectivity index (χ4n) is 2.03. The molecule has 0 atom stereocenters. The minimum atomic E-state index is -0.708. The molecule has 1 aromatic rings. The first kappa shape index (κ1) is 10.6. The van der Waals surface area contributed by atoms with Gasteiger partial charge < -0.3 is 9.84 Å². The van der Waals surface area contributed by atoms with Crippen molar-refractivity contribution in [3.05, 3.63) is 29.6 Å². The lowest BCUT2D eigenvalue weighted by atomic mass is 9.73. The third-order valence-corrected chi connectivity index (χ3v) is 2.98. The van der Waals surface area contributed by atoms with Crippen LogP contribution < -0.4 is 0 Å². The van der Waals surface area contributed by atoms with Crippen molar-refractivity contribution in [2.24, 2.45) is 0 Å². The molecule has 1 aliphatic carbocycles. The van der Waals surface area contributed by atoms with E-state index in [2.05, 4.69) is 4.98 Å². The SMILES string of the molecule is CCOC1CC(O)(c2ccc(C)nc2)C1. The summed E-state index contributed by atoms with van der Waals surface area (Å²) in [5, 5.41) is 10.2. The van der Waals surface area contributed by atoms with Crippen LogP contribution in [0.2, 0.25) is 0 Å². The van der Waals surface area contributed by atoms with Gasteiger partial charge in [0.05, 0.1) is 11.7 Å². The second-order valence-corrected chi connectivity index (χ2v) is 4.21. The molecule has 0 unspecified atom stereocenters. The van der Waals surface area contributed by atoms with Gasteiger partial charge in [-0.3, -0.25) is 4.98 Å². The van der Waals surface area contributed by atoms with Gasteiger partial charge in [-0.25, -0.2) is 0 Å². The molecule has 82 valence electrons. The number of ether oxygens (including phenoxy) is 1. The van der Waals surface area contributed by atoms with Gasteiger partial charge in [-0.2, -0.15) is 0 Å². The number of aliphatic hydroxyl groups is 1. The molecule has 1 heterocycles. The second-order valence-electron chi connectivity index (χ2n) is 4.21. The van der Waals surface area contributed by atoms with Crippen LogP contribution in [0.4, 0.5) is 0 Å². The minimum Gasteiger partial charge on any atom is -0.385 e. The molecular formula is C12H17NO2. The second kappa shape index (κ2) is 3.91. The van der Waals surface area contributed by atoms with Crippen molar-refractivity contribution < 1.29 is 9.84 Å². The largest absolute Gasteiger partial charge is 0.385 e. The van der Waals surface area contributed by atoms with E-state index >= 15 is 0 Å². The van der Waals surface area contributed by atoms with Crippen molar-refractivity contribution in [1.29, 1.82) is 0 Å². The van der Waals surface area contributed by atoms with E-state index in [1.807, 2.05) is 26.0 Å². The molecule has 0 saturated heterocycles. The standard InChI is InChI=1S/C12H17NO2/c1-3-15-11-6-12(14,7-11)10-5-4-9(2)13-8-10/h4-5,8,11,14H,3,6-7H2,1-2H3. The van der Waals surface area contributed by atoms with Crippen LogP contribution in [0.3, 0.4) is 0 Å². The van der Waals surface area contributed by atoms with Gasteiger partial charge in [-0.15, -0.1) is 0 Å². The number of nitrogens with zero attached hydrogens (tertiary/aromatic N) is 1. The molecule has 0 aliphatic heterocycles. The van der Waals surface area contributed by atoms with Gasteiger partial charge in [0.15, 0.2) is 0 Å². The number of hydrogen-bond donors (Lipinski definition) is 1. The molecule has 0 bridgehead atoms. The Morgan fingerprint density at radius 3 is 2.80 bits per heavy atom. The van der Waals surface area contributed by atoms with Crippen molar-refractivity contribution in [3.8, 4) is 0 Å². The van der Waals surface area contributed by atoms with Gasteiger partial charge in [0.1, 0.15) is 0 Å². The Hall–Kier alpha value is -0.930. The van der Waals surface area contributed by atoms with Crippen molar-refractivity contribution in [3.63, 3.8) is 0 Å². The molecule has 1 N–H and O–H groups in total. The van der Waals surface area contributed by atoms with Crippen LogP contribution in [0.25, 0.3) is 0 Å². The van der Waals surface area contributed by atoms with Gasteiger partial charge in [0, 0.05) is 36.9 Å². The zero-order valence-electron chi connectivity index (χ0n) is 9.23. The van der Waals surface area contributed by atoms with E-state index in [-0.39, 0.29) is 6.10 Å². The summed E-state index contributed by atoms with van der Waals surface area (Å²) in [5.41, 5.74) is 1.17. The van der Waals surface area contributed by atoms with Crippen molar-refractivity contribution in [2.75, 3.05) is 6.61 Å². The van der Waals surface area contributed by atoms with Gasteiger partial charge in [0.2, 0.25) is 0 Å². The highest BCUT2D eigenvalue weighted by Crippen LogP contribution is 2.42. The average molecular weight is 207 g/mol. The number of aryl methyl sites for hydroxylation is 1. The molecule has 3 heteroatoms. The number of aromatic nitrogens is 1. The summed E-state index contributed by atoms with van der Waals surface area (Å²) in [5.74, 6) is 0. The number of hydrogen-bond acceptors (Lipinski definition) is 3. The van der Waals surface area contributed by atoms with Gasteiger partial charge in [-0.05, 0) is 19.9 Å². The predicted octanol–water partition coefficient (Wildman–Crippen LogP) is 1.78. The Balaban J connectivity index is 2.03. The third kappa shape index (κ3) is 2.03. The number of rotatable bonds is 3. The van der Waals surface area contributed by atoms with Gasteiger partial charge in [0.25, 0.3) is 0 Å². The van der Waals surface area contributed by atoms with Crippen LogP contribution in [0.1, 0.15) is 31.0 Å². The molecule has 0 radical (unpaired) electrons. The van der Waals surface area contributed by atoms with E-state index in [4.69, 9.17) is 4.74 Å². The summed E-state index contributed by atoms with van der Waals surface area (Å²) < 4.78 is 5.44. The summed E-state index contributed by atoms with van der Waals surface area (Å²) in [6.07, 6.45) is 3.34. The van der Waals surface area contributed by atoms with Crippen molar-refractivity contribution >= 4 is 0 Å². The highest BCUT2D eigenvalue weighted by molar-refractivity contribution is 5.24. The van der Waals surface area contributed by atoms with Crippen LogP contribution in [0.15, 0.2) is 18.3 Å². The first-order chi connectivity index (χ1) is 7.14. The van der Waals surface area contributed by atoms with Crippen LogP contribution in [0, 0.1) is 6.92 Å². The summed E-state index contributed by atoms with van der Waals surface area (Å²) >= 11 is 0. The van der Waals surface area contributed by atoms with E-state index < -0.39 is 5.60 Å². The molecule has 3 nitrogen and oxygen atoms in total. The molecular weight excluding hydrogens is 190 g/mol. The van der Waals surface area contributed by atoms with Crippen LogP contribution in [0.5, 0.6) is 0 Å². The lowest BCUT2D eigenvalue weighted by Gasteiger charge is -2.43. The van der Waals surface area contributed by atoms with E-state index in [0.29, 0.717) is 19.4 Å². The van der Waals surface area contributed by atoms with E-state index in [0.717, 1.165) is 11.3 Å². The first-order valence-corrected chi connectivity index (χ1v) is 5.41. The van der Waals surface area contributed by atoms with Crippen LogP contribution in [-0.4, -0.2) is 22.8 Å². The Morgan fingerprint density at radius 2 is 2.27 bits per heavy atom. The fraction of sp³-hybridized carbons (Fsp3) is 0.583. The smallest absolute Gasteiger partial charge is 0.0960 e. The lowest BCUT2D eigenvalue weighted by molar-refractivity contribution is -0.142. The third-order valence-electron chi connectivity index (χ3n) is 2.98. The summed E-state index contributed by atoms with van der Waals surface area (Å²) in [6, 6.07) is 3.88. The summed E-state index contributed by atoms with van der Waals surface area (Å²) in [7, 11) is 0. The fourth-order valence-corrected chi connectivity index (χ4v) is 2.03. The predicted molar refractivity (Wildman–Crippen MR) is 57.5 cm³/mol. The normalized spacial score (nSPS) is 29.9. The van der Waals surface area contributed by atoms with E-state index in [1.54, 1.807) is 6.20 Å². The molecule has 0 spiro atoms. The van der Waals surface area contributed by atoms with E-state index in [1.165, 1.54) is 0 Å². The molecule has 1 aliphatic rings. The molecule has 1 saturated carbocycles. The topological polar surface area (TPSA) is 42.4 Å². The molecule has 2 rings (SSSR count). The van der Waals surface area contributed by atoms with Gasteiger partial charge >= 0.3 is 0 Å². The summed E-state index contributed by atoms with van der Waals surface area (Å²) in [6.45, 7) is 4.63. The van der Waals surface area contributed by atoms with Crippen molar-refractivity contribution in [1.82, 2.24) is 4.98 Å². The Kier molecular flexibility index (Phi) is 2.76. The molecule has 0 amide bonds. The highest BCUT2D eigenvalue weighted by Gasteiger charge is 2.44. The first-order valence-electron chi connectivity index (χ1n) is 5.41. The van der Waals surface area contributed by atoms with Crippen LogP contribution in [-0.2, 0) is 10.3 Å². The Labute approximate surface area is 90.1 Å². The van der Waals surface area contributed by atoms with Gasteiger partial charge in [-0.1, -0.05) is 6.07 Å². The Bertz CT molecular complexity index is 328. The maximum Gasteiger partial charge on any atom is 0.0960 e. The molecule has 0 aromatic carbocycles. The maximum atomic E-state index is 10.2. The van der Waals surface area contributed by atoms with Crippen LogP contribution >= 0.6 is 0 Å². The zero-order chi connectivity index (χ0) is 10.9. The molecule has 1 fully saturated rings. The average Bonchev–Trinajstić information content (AvgIpc) is 2.16. The molecule has 1 aromatic heterocycles. The van der Waals surface area contributed by atoms with E-state index in [9.17, 15) is 5.11 Å². The van der Waals surface area contributed by atoms with Crippen molar-refractivity contribution in [2.45, 2.75) is 38.4 Å². The zero-order valence-corrected chi connectivity index (χ0v) is 9.23. The highest BCUT2D eigenvalue weighted by atomic mass is 16.5. The Morgan fingerprint density at radius 1 is 1.53 bits per heavy atom. The molecule has 15 heavy (non-hydrogen) atoms. The quantitative estimate of drug-likeness (QED) is 0.821. The lowest BCUT2D eigenvalue weighted by Crippen LogP contribution is -2.45. The number of pyridine rings is 1. The summed E-state index contributed by atoms with van der Waals surface area (Å²) in [4.78, 5) is 4.20. The monoisotopic (exact) mass is 207 g/mol. The maximum absolute atomic E-state index is 10.2. The minimum absolute atomic E-state index is 0.210.